The van der Waals surface area contributed by atoms with Crippen LogP contribution in [0.25, 0.3) is 33.4 Å². The van der Waals surface area contributed by atoms with E-state index in [0.717, 1.165) is 6.42 Å². The van der Waals surface area contributed by atoms with Gasteiger partial charge < -0.3 is 0 Å². The van der Waals surface area contributed by atoms with Crippen molar-refractivity contribution in [3.05, 3.63) is 96.1 Å². The van der Waals surface area contributed by atoms with Gasteiger partial charge in [-0.05, 0) is 0 Å². The second kappa shape index (κ2) is 6.86. The second-order valence-corrected chi connectivity index (χ2v) is 9.11. The molecule has 0 aromatic heterocycles. The van der Waals surface area contributed by atoms with Crippen LogP contribution < -0.4 is 8.70 Å². The number of rotatable bonds is 2. The molecule has 0 N–H and O–H groups in total. The van der Waals surface area contributed by atoms with Gasteiger partial charge in [-0.25, -0.2) is 0 Å². The molecule has 0 spiro atoms. The summed E-state index contributed by atoms with van der Waals surface area (Å²) in [7, 11) is 0. The van der Waals surface area contributed by atoms with Crippen molar-refractivity contribution in [2.75, 3.05) is 0 Å². The van der Waals surface area contributed by atoms with Crippen LogP contribution in [-0.2, 0) is 6.42 Å². The van der Waals surface area contributed by atoms with Crippen LogP contribution in [0, 0.1) is 0 Å². The maximum absolute atomic E-state index is 2.62. The van der Waals surface area contributed by atoms with E-state index in [1.54, 1.807) is 0 Å². The Bertz CT molecular complexity index is 1140. The van der Waals surface area contributed by atoms with E-state index < -0.39 is 0 Å². The molecule has 0 saturated carbocycles. The Labute approximate surface area is 177 Å². The third-order valence-corrected chi connectivity index (χ3v) is 6.57. The molecule has 4 radical (unpaired) electrons. The fraction of sp³-hybridized carbons (Fsp3) is 0.0400. The standard InChI is InChI=1S/C25H16As2/c26-19-9-5-16(6-10-19)22-13-14-23-21-4-2-1-3-18(21)15-24(23)25(22)17-7-11-20(27)12-8-17/h1-14H,15H2. The van der Waals surface area contributed by atoms with Crippen LogP contribution in [-0.4, -0.2) is 33.7 Å². The van der Waals surface area contributed by atoms with Crippen molar-refractivity contribution >= 4 is 42.4 Å². The molecule has 27 heavy (non-hydrogen) atoms. The van der Waals surface area contributed by atoms with Crippen molar-refractivity contribution in [3.63, 3.8) is 0 Å². The van der Waals surface area contributed by atoms with Gasteiger partial charge in [-0.2, -0.15) is 0 Å². The summed E-state index contributed by atoms with van der Waals surface area (Å²) in [6, 6.07) is 31.1. The Kier molecular flexibility index (Phi) is 4.35. The molecule has 0 nitrogen and oxygen atoms in total. The summed E-state index contributed by atoms with van der Waals surface area (Å²) in [6.07, 6.45) is 1.00. The number of benzene rings is 4. The van der Waals surface area contributed by atoms with Crippen LogP contribution in [0.15, 0.2) is 84.9 Å². The Morgan fingerprint density at radius 2 is 1.11 bits per heavy atom. The average molecular weight is 466 g/mol. The Balaban J connectivity index is 1.79. The monoisotopic (exact) mass is 466 g/mol. The summed E-state index contributed by atoms with van der Waals surface area (Å²) >= 11 is 5.24. The molecular weight excluding hydrogens is 450 g/mol. The van der Waals surface area contributed by atoms with Crippen molar-refractivity contribution in [2.24, 2.45) is 0 Å². The molecule has 0 heterocycles. The second-order valence-electron chi connectivity index (χ2n) is 6.94. The van der Waals surface area contributed by atoms with Crippen LogP contribution in [0.4, 0.5) is 0 Å². The molecule has 126 valence electrons. The Morgan fingerprint density at radius 1 is 0.519 bits per heavy atom. The first-order chi connectivity index (χ1) is 13.2. The van der Waals surface area contributed by atoms with Gasteiger partial charge in [0, 0.05) is 0 Å². The maximum atomic E-state index is 2.62. The predicted octanol–water partition coefficient (Wildman–Crippen LogP) is 4.18. The minimum atomic E-state index is 1.00. The number of hydrogen-bond acceptors (Lipinski definition) is 0. The zero-order valence-electron chi connectivity index (χ0n) is 14.7. The average Bonchev–Trinajstić information content (AvgIpc) is 3.07. The quantitative estimate of drug-likeness (QED) is 0.343. The molecular formula is C25H16As2. The van der Waals surface area contributed by atoms with Crippen molar-refractivity contribution in [1.82, 2.24) is 0 Å². The van der Waals surface area contributed by atoms with E-state index in [-0.39, 0.29) is 0 Å². The minimum absolute atomic E-state index is 1.00. The van der Waals surface area contributed by atoms with E-state index in [4.69, 9.17) is 0 Å². The molecule has 0 atom stereocenters. The van der Waals surface area contributed by atoms with Gasteiger partial charge >= 0.3 is 178 Å². The Hall–Kier alpha value is -2.00. The van der Waals surface area contributed by atoms with E-state index in [0.29, 0.717) is 0 Å². The van der Waals surface area contributed by atoms with Crippen molar-refractivity contribution in [3.8, 4) is 33.4 Å². The van der Waals surface area contributed by atoms with E-state index >= 15 is 0 Å². The van der Waals surface area contributed by atoms with Gasteiger partial charge in [0.05, 0.1) is 0 Å². The first-order valence-corrected chi connectivity index (χ1v) is 10.9. The third-order valence-electron chi connectivity index (χ3n) is 5.32. The molecule has 0 bridgehead atoms. The Morgan fingerprint density at radius 3 is 1.81 bits per heavy atom. The summed E-state index contributed by atoms with van der Waals surface area (Å²) in [4.78, 5) is 0. The normalized spacial score (nSPS) is 11.9. The fourth-order valence-electron chi connectivity index (χ4n) is 4.05. The molecule has 0 fully saturated rings. The molecule has 0 unspecified atom stereocenters. The first kappa shape index (κ1) is 17.1. The van der Waals surface area contributed by atoms with Gasteiger partial charge in [-0.3, -0.25) is 0 Å². The van der Waals surface area contributed by atoms with E-state index in [1.165, 1.54) is 53.2 Å². The molecule has 0 saturated heterocycles. The van der Waals surface area contributed by atoms with Crippen LogP contribution >= 0.6 is 0 Å². The third kappa shape index (κ3) is 3.02. The summed E-state index contributed by atoms with van der Waals surface area (Å²) in [5.74, 6) is 0. The fourth-order valence-corrected chi connectivity index (χ4v) is 4.68. The van der Waals surface area contributed by atoms with Crippen LogP contribution in [0.3, 0.4) is 0 Å². The van der Waals surface area contributed by atoms with Crippen molar-refractivity contribution in [2.45, 2.75) is 6.42 Å². The van der Waals surface area contributed by atoms with Gasteiger partial charge in [0.25, 0.3) is 0 Å². The molecule has 0 amide bonds. The van der Waals surface area contributed by atoms with Gasteiger partial charge in [-0.15, -0.1) is 0 Å². The van der Waals surface area contributed by atoms with E-state index in [2.05, 4.69) is 119 Å². The van der Waals surface area contributed by atoms with Gasteiger partial charge in [0.2, 0.25) is 0 Å². The van der Waals surface area contributed by atoms with Gasteiger partial charge in [0.15, 0.2) is 0 Å². The summed E-state index contributed by atoms with van der Waals surface area (Å²) < 4.78 is 2.46. The SMILES string of the molecule is [As]c1ccc(-c2ccc3c(c2-c2ccc([As])cc2)Cc2ccccc2-3)cc1. The van der Waals surface area contributed by atoms with Crippen molar-refractivity contribution < 1.29 is 0 Å². The summed E-state index contributed by atoms with van der Waals surface area (Å²) in [6.45, 7) is 0. The molecule has 4 aromatic rings. The molecule has 4 aromatic carbocycles. The molecule has 5 rings (SSSR count). The van der Waals surface area contributed by atoms with Gasteiger partial charge in [0.1, 0.15) is 0 Å². The van der Waals surface area contributed by atoms with Crippen molar-refractivity contribution in [1.29, 1.82) is 0 Å². The zero-order valence-corrected chi connectivity index (χ0v) is 18.4. The molecule has 2 heteroatoms. The molecule has 0 aliphatic heterocycles. The van der Waals surface area contributed by atoms with E-state index in [9.17, 15) is 0 Å². The topological polar surface area (TPSA) is 0 Å². The molecule has 1 aliphatic carbocycles. The van der Waals surface area contributed by atoms with Gasteiger partial charge in [-0.1, -0.05) is 0 Å². The summed E-state index contributed by atoms with van der Waals surface area (Å²) in [5.41, 5.74) is 10.9. The molecule has 1 aliphatic rings. The number of fused-ring (bicyclic) bond motifs is 3. The zero-order chi connectivity index (χ0) is 18.4. The summed E-state index contributed by atoms with van der Waals surface area (Å²) in [5, 5.41) is 0. The first-order valence-electron chi connectivity index (χ1n) is 9.04. The van der Waals surface area contributed by atoms with Crippen LogP contribution in [0.1, 0.15) is 11.1 Å². The van der Waals surface area contributed by atoms with Crippen LogP contribution in [0.5, 0.6) is 0 Å². The van der Waals surface area contributed by atoms with Crippen LogP contribution in [0.2, 0.25) is 0 Å². The predicted molar refractivity (Wildman–Crippen MR) is 116 cm³/mol. The van der Waals surface area contributed by atoms with E-state index in [1.807, 2.05) is 0 Å². The number of hydrogen-bond donors (Lipinski definition) is 0.